The molecule has 3 N–H and O–H groups in total. The first-order valence-electron chi connectivity index (χ1n) is 7.40. The summed E-state index contributed by atoms with van der Waals surface area (Å²) in [5.41, 5.74) is 7.01. The second kappa shape index (κ2) is 6.77. The summed E-state index contributed by atoms with van der Waals surface area (Å²) in [5.74, 6) is 0.0613. The zero-order chi connectivity index (χ0) is 15.5. The molecule has 1 amide bonds. The van der Waals surface area contributed by atoms with Gasteiger partial charge in [0.05, 0.1) is 6.04 Å². The zero-order valence-corrected chi connectivity index (χ0v) is 13.5. The maximum atomic E-state index is 12.3. The quantitative estimate of drug-likeness (QED) is 0.875. The molecule has 1 aromatic rings. The molecule has 2 rings (SSSR count). The largest absolute Gasteiger partial charge is 0.351 e. The van der Waals surface area contributed by atoms with Crippen LogP contribution >= 0.6 is 11.6 Å². The number of nitrogens with two attached hydrogens (primary N) is 1. The van der Waals surface area contributed by atoms with Crippen LogP contribution in [0.3, 0.4) is 0 Å². The molecular formula is C16H24ClN3O. The highest BCUT2D eigenvalue weighted by molar-refractivity contribution is 6.30. The molecule has 0 saturated carbocycles. The van der Waals surface area contributed by atoms with Crippen LogP contribution in [0.5, 0.6) is 0 Å². The molecule has 21 heavy (non-hydrogen) atoms. The van der Waals surface area contributed by atoms with Crippen LogP contribution in [0.25, 0.3) is 0 Å². The van der Waals surface area contributed by atoms with Crippen LogP contribution in [0.1, 0.15) is 25.8 Å². The lowest BCUT2D eigenvalue weighted by Gasteiger charge is -2.26. The van der Waals surface area contributed by atoms with Crippen LogP contribution in [0.15, 0.2) is 24.3 Å². The van der Waals surface area contributed by atoms with Gasteiger partial charge in [-0.15, -0.1) is 0 Å². The van der Waals surface area contributed by atoms with Crippen LogP contribution in [-0.2, 0) is 11.3 Å². The van der Waals surface area contributed by atoms with Gasteiger partial charge in [-0.1, -0.05) is 30.7 Å². The lowest BCUT2D eigenvalue weighted by atomic mass is 9.90. The fraction of sp³-hybridized carbons (Fsp3) is 0.562. The number of rotatable bonds is 5. The highest BCUT2D eigenvalue weighted by Gasteiger charge is 2.36. The zero-order valence-electron chi connectivity index (χ0n) is 12.7. The molecule has 0 radical (unpaired) electrons. The number of hydrogen-bond donors (Lipinski definition) is 2. The van der Waals surface area contributed by atoms with E-state index in [0.29, 0.717) is 18.1 Å². The molecule has 0 aliphatic carbocycles. The van der Waals surface area contributed by atoms with Crippen molar-refractivity contribution in [3.8, 4) is 0 Å². The van der Waals surface area contributed by atoms with Gasteiger partial charge in [-0.25, -0.2) is 0 Å². The van der Waals surface area contributed by atoms with Crippen molar-refractivity contribution in [2.24, 2.45) is 11.1 Å². The van der Waals surface area contributed by atoms with E-state index in [-0.39, 0.29) is 17.4 Å². The Balaban J connectivity index is 1.84. The molecule has 1 saturated heterocycles. The van der Waals surface area contributed by atoms with Gasteiger partial charge in [0.1, 0.15) is 0 Å². The van der Waals surface area contributed by atoms with Crippen molar-refractivity contribution in [2.75, 3.05) is 19.6 Å². The van der Waals surface area contributed by atoms with Crippen molar-refractivity contribution in [2.45, 2.75) is 32.9 Å². The molecule has 0 aromatic heterocycles. The Morgan fingerprint density at radius 1 is 1.48 bits per heavy atom. The standard InChI is InChI=1S/C16H24ClN3O/c1-12(20-8-7-16(2,10-18)11-20)15(21)19-9-13-3-5-14(17)6-4-13/h3-6,12H,7-11,18H2,1-2H3,(H,19,21). The van der Waals surface area contributed by atoms with E-state index >= 15 is 0 Å². The third-order valence-electron chi connectivity index (χ3n) is 4.39. The third-order valence-corrected chi connectivity index (χ3v) is 4.64. The van der Waals surface area contributed by atoms with Crippen LogP contribution in [-0.4, -0.2) is 36.5 Å². The lowest BCUT2D eigenvalue weighted by Crippen LogP contribution is -2.45. The molecule has 116 valence electrons. The molecule has 4 nitrogen and oxygen atoms in total. The second-order valence-corrected chi connectivity index (χ2v) is 6.69. The summed E-state index contributed by atoms with van der Waals surface area (Å²) >= 11 is 5.85. The Kier molecular flexibility index (Phi) is 5.25. The molecule has 1 heterocycles. The number of nitrogens with zero attached hydrogens (tertiary/aromatic N) is 1. The lowest BCUT2D eigenvalue weighted by molar-refractivity contribution is -0.125. The molecule has 1 aliphatic rings. The van der Waals surface area contributed by atoms with Crippen molar-refractivity contribution in [3.05, 3.63) is 34.9 Å². The number of benzene rings is 1. The molecule has 1 aromatic carbocycles. The number of halogens is 1. The monoisotopic (exact) mass is 309 g/mol. The summed E-state index contributed by atoms with van der Waals surface area (Å²) in [6.45, 7) is 7.16. The van der Waals surface area contributed by atoms with E-state index < -0.39 is 0 Å². The number of carbonyl (C=O) groups excluding carboxylic acids is 1. The van der Waals surface area contributed by atoms with Crippen LogP contribution in [0, 0.1) is 5.41 Å². The molecule has 0 bridgehead atoms. The number of amides is 1. The Labute approximate surface area is 131 Å². The first-order chi connectivity index (χ1) is 9.93. The van der Waals surface area contributed by atoms with Crippen LogP contribution < -0.4 is 11.1 Å². The van der Waals surface area contributed by atoms with E-state index in [9.17, 15) is 4.79 Å². The van der Waals surface area contributed by atoms with Gasteiger partial charge in [0.25, 0.3) is 0 Å². The smallest absolute Gasteiger partial charge is 0.237 e. The first kappa shape index (κ1) is 16.3. The van der Waals surface area contributed by atoms with Crippen molar-refractivity contribution in [3.63, 3.8) is 0 Å². The number of likely N-dealkylation sites (tertiary alicyclic amines) is 1. The van der Waals surface area contributed by atoms with E-state index in [0.717, 1.165) is 25.1 Å². The predicted molar refractivity (Wildman–Crippen MR) is 86.1 cm³/mol. The van der Waals surface area contributed by atoms with Gasteiger partial charge in [0.15, 0.2) is 0 Å². The highest BCUT2D eigenvalue weighted by atomic mass is 35.5. The van der Waals surface area contributed by atoms with Crippen LogP contribution in [0.4, 0.5) is 0 Å². The van der Waals surface area contributed by atoms with Crippen molar-refractivity contribution in [1.29, 1.82) is 0 Å². The summed E-state index contributed by atoms with van der Waals surface area (Å²) in [6, 6.07) is 7.40. The third kappa shape index (κ3) is 4.19. The minimum absolute atomic E-state index is 0.0613. The summed E-state index contributed by atoms with van der Waals surface area (Å²) < 4.78 is 0. The van der Waals surface area contributed by atoms with E-state index in [1.54, 1.807) is 0 Å². The van der Waals surface area contributed by atoms with Crippen molar-refractivity contribution < 1.29 is 4.79 Å². The number of hydrogen-bond acceptors (Lipinski definition) is 3. The average molecular weight is 310 g/mol. The fourth-order valence-electron chi connectivity index (χ4n) is 2.66. The van der Waals surface area contributed by atoms with Gasteiger partial charge in [-0.05, 0) is 49.5 Å². The maximum absolute atomic E-state index is 12.3. The van der Waals surface area contributed by atoms with Gasteiger partial charge >= 0.3 is 0 Å². The number of nitrogens with one attached hydrogen (secondary N) is 1. The molecule has 1 fully saturated rings. The summed E-state index contributed by atoms with van der Waals surface area (Å²) in [4.78, 5) is 14.5. The van der Waals surface area contributed by atoms with Gasteiger partial charge < -0.3 is 11.1 Å². The topological polar surface area (TPSA) is 58.4 Å². The highest BCUT2D eigenvalue weighted by Crippen LogP contribution is 2.29. The van der Waals surface area contributed by atoms with E-state index in [1.807, 2.05) is 31.2 Å². The van der Waals surface area contributed by atoms with E-state index in [4.69, 9.17) is 17.3 Å². The summed E-state index contributed by atoms with van der Waals surface area (Å²) in [6.07, 6.45) is 1.05. The van der Waals surface area contributed by atoms with Crippen LogP contribution in [0.2, 0.25) is 5.02 Å². The maximum Gasteiger partial charge on any atom is 0.237 e. The van der Waals surface area contributed by atoms with E-state index in [1.165, 1.54) is 0 Å². The minimum Gasteiger partial charge on any atom is -0.351 e. The molecular weight excluding hydrogens is 286 g/mol. The Bertz CT molecular complexity index is 491. The van der Waals surface area contributed by atoms with Gasteiger partial charge in [-0.2, -0.15) is 0 Å². The second-order valence-electron chi connectivity index (χ2n) is 6.26. The molecule has 2 atom stereocenters. The van der Waals surface area contributed by atoms with Crippen molar-refractivity contribution in [1.82, 2.24) is 10.2 Å². The Morgan fingerprint density at radius 3 is 2.71 bits per heavy atom. The fourth-order valence-corrected chi connectivity index (χ4v) is 2.79. The van der Waals surface area contributed by atoms with E-state index in [2.05, 4.69) is 17.1 Å². The first-order valence-corrected chi connectivity index (χ1v) is 7.78. The molecule has 0 spiro atoms. The minimum atomic E-state index is -0.120. The molecule has 5 heteroatoms. The Hall–Kier alpha value is -1.10. The van der Waals surface area contributed by atoms with Gasteiger partial charge in [-0.3, -0.25) is 9.69 Å². The van der Waals surface area contributed by atoms with Gasteiger partial charge in [0, 0.05) is 18.1 Å². The normalized spacial score (nSPS) is 24.0. The summed E-state index contributed by atoms with van der Waals surface area (Å²) in [7, 11) is 0. The predicted octanol–water partition coefficient (Wildman–Crippen LogP) is 2.02. The Morgan fingerprint density at radius 2 is 2.14 bits per heavy atom. The van der Waals surface area contributed by atoms with Gasteiger partial charge in [0.2, 0.25) is 5.91 Å². The molecule has 1 aliphatic heterocycles. The average Bonchev–Trinajstić information content (AvgIpc) is 2.89. The van der Waals surface area contributed by atoms with Crippen molar-refractivity contribution >= 4 is 17.5 Å². The molecule has 2 unspecified atom stereocenters. The number of carbonyl (C=O) groups is 1. The SMILES string of the molecule is CC(C(=O)NCc1ccc(Cl)cc1)N1CCC(C)(CN)C1. The summed E-state index contributed by atoms with van der Waals surface area (Å²) in [5, 5.41) is 3.69.